The van der Waals surface area contributed by atoms with Gasteiger partial charge in [-0.25, -0.2) is 4.39 Å². The van der Waals surface area contributed by atoms with Crippen LogP contribution in [0.25, 0.3) is 11.4 Å². The molecule has 1 saturated heterocycles. The monoisotopic (exact) mass is 411 g/mol. The zero-order valence-electron chi connectivity index (χ0n) is 15.7. The minimum Gasteiger partial charge on any atom is -0.339 e. The van der Waals surface area contributed by atoms with Crippen LogP contribution in [-0.2, 0) is 17.6 Å². The smallest absolute Gasteiger partial charge is 0.232 e. The van der Waals surface area contributed by atoms with Gasteiger partial charge in [0.05, 0.1) is 10.9 Å². The van der Waals surface area contributed by atoms with Crippen molar-refractivity contribution >= 4 is 23.2 Å². The molecule has 2 heterocycles. The number of aromatic nitrogens is 2. The normalized spacial score (nSPS) is 18.9. The summed E-state index contributed by atoms with van der Waals surface area (Å²) < 4.78 is 19.2. The number of halogens is 2. The van der Waals surface area contributed by atoms with Gasteiger partial charge in [-0.1, -0.05) is 28.9 Å². The van der Waals surface area contributed by atoms with Gasteiger partial charge in [-0.2, -0.15) is 4.98 Å². The minimum absolute atomic E-state index is 0.0423. The molecule has 1 aliphatic carbocycles. The molecular weight excluding hydrogens is 393 g/mol. The predicted octanol–water partition coefficient (Wildman–Crippen LogP) is 4.93. The molecule has 3 aromatic rings. The maximum absolute atomic E-state index is 13.7. The van der Waals surface area contributed by atoms with E-state index < -0.39 is 5.82 Å². The number of carbonyl (C=O) groups excluding carboxylic acids is 1. The molecule has 2 aromatic carbocycles. The van der Waals surface area contributed by atoms with Crippen molar-refractivity contribution in [3.8, 4) is 11.4 Å². The number of fused-ring (bicyclic) bond motifs is 1. The van der Waals surface area contributed by atoms with Crippen molar-refractivity contribution in [3.63, 3.8) is 0 Å². The summed E-state index contributed by atoms with van der Waals surface area (Å²) in [4.78, 5) is 19.0. The van der Waals surface area contributed by atoms with Crippen molar-refractivity contribution < 1.29 is 13.7 Å². The van der Waals surface area contributed by atoms with Gasteiger partial charge in [0.2, 0.25) is 17.6 Å². The maximum Gasteiger partial charge on any atom is 0.232 e. The molecule has 2 aliphatic rings. The maximum atomic E-state index is 13.7. The van der Waals surface area contributed by atoms with Crippen molar-refractivity contribution in [3.05, 3.63) is 64.3 Å². The van der Waals surface area contributed by atoms with Gasteiger partial charge in [-0.05, 0) is 61.1 Å². The fraction of sp³-hybridized carbons (Fsp3) is 0.318. The first-order chi connectivity index (χ1) is 14.1. The van der Waals surface area contributed by atoms with Crippen LogP contribution in [0.3, 0.4) is 0 Å². The molecule has 1 aliphatic heterocycles. The average molecular weight is 412 g/mol. The molecule has 0 bridgehead atoms. The van der Waals surface area contributed by atoms with E-state index in [0.717, 1.165) is 24.9 Å². The van der Waals surface area contributed by atoms with E-state index >= 15 is 0 Å². The number of hydrogen-bond acceptors (Lipinski definition) is 4. The first-order valence-electron chi connectivity index (χ1n) is 9.80. The Bertz CT molecular complexity index is 1100. The minimum atomic E-state index is -0.536. The Morgan fingerprint density at radius 1 is 1.17 bits per heavy atom. The lowest BCUT2D eigenvalue weighted by Crippen LogP contribution is -2.26. The molecule has 1 amide bonds. The topological polar surface area (TPSA) is 59.2 Å². The average Bonchev–Trinajstić information content (AvgIpc) is 3.37. The van der Waals surface area contributed by atoms with Crippen LogP contribution in [0.15, 0.2) is 40.9 Å². The van der Waals surface area contributed by atoms with E-state index in [1.165, 1.54) is 29.7 Å². The summed E-state index contributed by atoms with van der Waals surface area (Å²) in [5.74, 6) is 0.0350. The molecule has 7 heteroatoms. The highest BCUT2D eigenvalue weighted by Crippen LogP contribution is 2.37. The molecule has 0 saturated carbocycles. The first kappa shape index (κ1) is 18.3. The summed E-state index contributed by atoms with van der Waals surface area (Å²) in [5, 5.41) is 4.01. The van der Waals surface area contributed by atoms with Crippen molar-refractivity contribution in [1.29, 1.82) is 0 Å². The van der Waals surface area contributed by atoms with Crippen LogP contribution in [0.4, 0.5) is 10.1 Å². The number of carbonyl (C=O) groups is 1. The van der Waals surface area contributed by atoms with E-state index in [1.54, 1.807) is 6.07 Å². The van der Waals surface area contributed by atoms with E-state index in [9.17, 15) is 9.18 Å². The SMILES string of the molecule is O=C1CC(c2nc(-c3ccc(Cl)c(F)c3)no2)CN1c1cccc2c1CCCC2. The lowest BCUT2D eigenvalue weighted by Gasteiger charge is -2.25. The third-order valence-electron chi connectivity index (χ3n) is 5.76. The Morgan fingerprint density at radius 3 is 2.90 bits per heavy atom. The molecule has 148 valence electrons. The summed E-state index contributed by atoms with van der Waals surface area (Å²) in [5.41, 5.74) is 4.12. The van der Waals surface area contributed by atoms with Gasteiger partial charge in [0.15, 0.2) is 0 Å². The third kappa shape index (κ3) is 3.31. The Hall–Kier alpha value is -2.73. The molecule has 29 heavy (non-hydrogen) atoms. The lowest BCUT2D eigenvalue weighted by atomic mass is 9.90. The number of anilines is 1. The van der Waals surface area contributed by atoms with Crippen molar-refractivity contribution in [1.82, 2.24) is 10.1 Å². The first-order valence-corrected chi connectivity index (χ1v) is 10.2. The van der Waals surface area contributed by atoms with E-state index in [0.29, 0.717) is 30.2 Å². The molecule has 5 rings (SSSR count). The zero-order valence-corrected chi connectivity index (χ0v) is 16.5. The molecular formula is C22H19ClFN3O2. The molecule has 0 radical (unpaired) electrons. The fourth-order valence-corrected chi connectivity index (χ4v) is 4.39. The van der Waals surface area contributed by atoms with Crippen LogP contribution in [0, 0.1) is 5.82 Å². The van der Waals surface area contributed by atoms with Gasteiger partial charge in [0, 0.05) is 24.2 Å². The van der Waals surface area contributed by atoms with Crippen LogP contribution in [0.1, 0.15) is 42.2 Å². The molecule has 1 aromatic heterocycles. The molecule has 1 atom stereocenters. The van der Waals surface area contributed by atoms with Gasteiger partial charge < -0.3 is 9.42 Å². The highest BCUT2D eigenvalue weighted by Gasteiger charge is 2.36. The highest BCUT2D eigenvalue weighted by atomic mass is 35.5. The van der Waals surface area contributed by atoms with Gasteiger partial charge in [-0.3, -0.25) is 4.79 Å². The number of rotatable bonds is 3. The van der Waals surface area contributed by atoms with Crippen molar-refractivity contribution in [2.75, 3.05) is 11.4 Å². The van der Waals surface area contributed by atoms with Gasteiger partial charge in [0.25, 0.3) is 0 Å². The summed E-state index contributed by atoms with van der Waals surface area (Å²) in [6.45, 7) is 0.506. The van der Waals surface area contributed by atoms with Crippen molar-refractivity contribution in [2.45, 2.75) is 38.0 Å². The largest absolute Gasteiger partial charge is 0.339 e. The van der Waals surface area contributed by atoms with E-state index in [1.807, 2.05) is 17.0 Å². The van der Waals surface area contributed by atoms with Crippen LogP contribution >= 0.6 is 11.6 Å². The van der Waals surface area contributed by atoms with Crippen LogP contribution in [0.5, 0.6) is 0 Å². The Balaban J connectivity index is 1.40. The molecule has 1 unspecified atom stereocenters. The van der Waals surface area contributed by atoms with E-state index in [-0.39, 0.29) is 16.8 Å². The number of benzene rings is 2. The molecule has 0 N–H and O–H groups in total. The Kier molecular flexibility index (Phi) is 4.59. The number of aryl methyl sites for hydroxylation is 1. The number of amides is 1. The Morgan fingerprint density at radius 2 is 2.03 bits per heavy atom. The fourth-order valence-electron chi connectivity index (χ4n) is 4.27. The number of hydrogen-bond donors (Lipinski definition) is 0. The molecule has 5 nitrogen and oxygen atoms in total. The second-order valence-corrected chi connectivity index (χ2v) is 8.02. The van der Waals surface area contributed by atoms with Gasteiger partial charge in [0.1, 0.15) is 5.82 Å². The Labute approximate surface area is 172 Å². The standard InChI is InChI=1S/C22H19ClFN3O2/c23-17-9-8-14(10-18(17)24)21-25-22(29-26-21)15-11-20(28)27(12-15)19-7-3-5-13-4-1-2-6-16(13)19/h3,5,7-10,15H,1-2,4,6,11-12H2. The summed E-state index contributed by atoms with van der Waals surface area (Å²) in [6, 6.07) is 10.6. The predicted molar refractivity (Wildman–Crippen MR) is 107 cm³/mol. The number of nitrogens with zero attached hydrogens (tertiary/aromatic N) is 3. The summed E-state index contributed by atoms with van der Waals surface area (Å²) >= 11 is 5.74. The van der Waals surface area contributed by atoms with Gasteiger partial charge in [-0.15, -0.1) is 0 Å². The second-order valence-electron chi connectivity index (χ2n) is 7.61. The van der Waals surface area contributed by atoms with Crippen molar-refractivity contribution in [2.24, 2.45) is 0 Å². The van der Waals surface area contributed by atoms with Crippen LogP contribution in [0.2, 0.25) is 5.02 Å². The molecule has 0 spiro atoms. The third-order valence-corrected chi connectivity index (χ3v) is 6.06. The summed E-state index contributed by atoms with van der Waals surface area (Å²) in [6.07, 6.45) is 4.75. The summed E-state index contributed by atoms with van der Waals surface area (Å²) in [7, 11) is 0. The lowest BCUT2D eigenvalue weighted by molar-refractivity contribution is -0.117. The van der Waals surface area contributed by atoms with Crippen LogP contribution in [-0.4, -0.2) is 22.6 Å². The molecule has 1 fully saturated rings. The van der Waals surface area contributed by atoms with E-state index in [2.05, 4.69) is 16.2 Å². The van der Waals surface area contributed by atoms with Crippen LogP contribution < -0.4 is 4.90 Å². The van der Waals surface area contributed by atoms with Gasteiger partial charge >= 0.3 is 0 Å². The zero-order chi connectivity index (χ0) is 20.0. The van der Waals surface area contributed by atoms with E-state index in [4.69, 9.17) is 16.1 Å². The quantitative estimate of drug-likeness (QED) is 0.613. The second kappa shape index (κ2) is 7.26. The highest BCUT2D eigenvalue weighted by molar-refractivity contribution is 6.30.